The number of hydrogen-bond acceptors (Lipinski definition) is 7. The first kappa shape index (κ1) is 21.1. The summed E-state index contributed by atoms with van der Waals surface area (Å²) in [7, 11) is 0. The van der Waals surface area contributed by atoms with Gasteiger partial charge in [-0.15, -0.1) is 0 Å². The molecule has 0 atom stereocenters. The first-order valence-corrected chi connectivity index (χ1v) is 11.4. The third kappa shape index (κ3) is 7.40. The van der Waals surface area contributed by atoms with Crippen LogP contribution in [0, 0.1) is 0 Å². The third-order valence-electron chi connectivity index (χ3n) is 2.90. The fraction of sp³-hybridized carbons (Fsp3) is 0.714. The van der Waals surface area contributed by atoms with E-state index >= 15 is 0 Å². The molecule has 8 heteroatoms. The molecule has 0 saturated carbocycles. The van der Waals surface area contributed by atoms with Gasteiger partial charge in [0.25, 0.3) is 0 Å². The topological polar surface area (TPSA) is 104 Å². The molecule has 0 radical (unpaired) electrons. The van der Waals surface area contributed by atoms with Crippen molar-refractivity contribution in [2.24, 2.45) is 0 Å². The SMILES string of the molecule is CC[O][Ti](=[O])([CH2]C(=O)CC(C)=O)([CH2]C(=O)CC(C)=O)[O]CC. The monoisotopic (exact) mass is 352 g/mol. The van der Waals surface area contributed by atoms with Gasteiger partial charge in [0.2, 0.25) is 0 Å². The van der Waals surface area contributed by atoms with E-state index in [0.717, 1.165) is 0 Å². The van der Waals surface area contributed by atoms with E-state index in [1.807, 2.05) is 0 Å². The van der Waals surface area contributed by atoms with Gasteiger partial charge in [-0.25, -0.2) is 0 Å². The van der Waals surface area contributed by atoms with Crippen LogP contribution < -0.4 is 0 Å². The molecule has 0 amide bonds. The predicted octanol–water partition coefficient (Wildman–Crippen LogP) is 1.86. The average Bonchev–Trinajstić information content (AvgIpc) is 2.24. The maximum atomic E-state index is 13.3. The van der Waals surface area contributed by atoms with Gasteiger partial charge in [-0.1, -0.05) is 0 Å². The van der Waals surface area contributed by atoms with Crippen LogP contribution in [0.25, 0.3) is 0 Å². The molecule has 0 N–H and O–H groups in total. The van der Waals surface area contributed by atoms with E-state index < -0.39 is 37.1 Å². The van der Waals surface area contributed by atoms with Crippen molar-refractivity contribution in [2.75, 3.05) is 13.2 Å². The molecule has 0 fully saturated rings. The fourth-order valence-electron chi connectivity index (χ4n) is 2.39. The number of ketones is 4. The van der Waals surface area contributed by atoms with Gasteiger partial charge in [-0.2, -0.15) is 0 Å². The molecule has 0 aromatic rings. The van der Waals surface area contributed by atoms with Crippen LogP contribution in [-0.2, 0) is 45.2 Å². The zero-order chi connectivity index (χ0) is 17.4. The van der Waals surface area contributed by atoms with Crippen LogP contribution in [-0.4, -0.2) is 36.3 Å². The van der Waals surface area contributed by atoms with E-state index in [1.54, 1.807) is 13.8 Å². The van der Waals surface area contributed by atoms with Crippen LogP contribution in [0.1, 0.15) is 40.5 Å². The molecule has 0 aliphatic heterocycles. The van der Waals surface area contributed by atoms with Crippen LogP contribution in [0.2, 0.25) is 9.45 Å². The summed E-state index contributed by atoms with van der Waals surface area (Å²) in [6.45, 7) is 5.64. The third-order valence-corrected chi connectivity index (χ3v) is 9.18. The van der Waals surface area contributed by atoms with E-state index in [0.29, 0.717) is 0 Å². The molecule has 0 aromatic carbocycles. The molecule has 0 spiro atoms. The van der Waals surface area contributed by atoms with Gasteiger partial charge in [0.15, 0.2) is 0 Å². The molecule has 0 aliphatic rings. The van der Waals surface area contributed by atoms with Gasteiger partial charge in [0.05, 0.1) is 0 Å². The summed E-state index contributed by atoms with van der Waals surface area (Å²) in [5.41, 5.74) is 0. The van der Waals surface area contributed by atoms with Gasteiger partial charge < -0.3 is 0 Å². The second-order valence-corrected chi connectivity index (χ2v) is 11.7. The molecule has 0 unspecified atom stereocenters. The van der Waals surface area contributed by atoms with Crippen molar-refractivity contribution in [1.29, 1.82) is 0 Å². The minimum atomic E-state index is -5.60. The molecule has 0 aliphatic carbocycles. The Morgan fingerprint density at radius 1 is 0.773 bits per heavy atom. The summed E-state index contributed by atoms with van der Waals surface area (Å²) in [5.74, 6) is -1.91. The summed E-state index contributed by atoms with van der Waals surface area (Å²) in [5, 5.41) is 0. The second-order valence-electron chi connectivity index (χ2n) is 5.42. The molecule has 0 bridgehead atoms. The first-order valence-electron chi connectivity index (χ1n) is 7.25. The molecular weight excluding hydrogens is 328 g/mol. The van der Waals surface area contributed by atoms with Gasteiger partial charge in [0.1, 0.15) is 0 Å². The van der Waals surface area contributed by atoms with Gasteiger partial charge in [-0.3, -0.25) is 0 Å². The number of carbonyl (C=O) groups excluding carboxylic acids is 4. The summed E-state index contributed by atoms with van der Waals surface area (Å²) in [6, 6.07) is 0. The van der Waals surface area contributed by atoms with Crippen molar-refractivity contribution in [2.45, 2.75) is 50.0 Å². The molecule has 0 aromatic heterocycles. The van der Waals surface area contributed by atoms with Crippen LogP contribution in [0.3, 0.4) is 0 Å². The second kappa shape index (κ2) is 8.67. The Balaban J connectivity index is 5.47. The van der Waals surface area contributed by atoms with Crippen LogP contribution >= 0.6 is 0 Å². The Labute approximate surface area is 131 Å². The fourth-order valence-corrected chi connectivity index (χ4v) is 8.14. The number of carbonyl (C=O) groups is 4. The Bertz CT molecular complexity index is 475. The van der Waals surface area contributed by atoms with Gasteiger partial charge in [0, 0.05) is 0 Å². The summed E-state index contributed by atoms with van der Waals surface area (Å²) < 4.78 is 22.8. The number of hydrogen-bond donors (Lipinski definition) is 0. The average molecular weight is 352 g/mol. The van der Waals surface area contributed by atoms with Crippen LogP contribution in [0.15, 0.2) is 0 Å². The summed E-state index contributed by atoms with van der Waals surface area (Å²) in [6.07, 6.45) is -0.773. The quantitative estimate of drug-likeness (QED) is 0.390. The normalized spacial score (nSPS) is 12.0. The Hall–Kier alpha value is -0.886. The Morgan fingerprint density at radius 3 is 1.32 bits per heavy atom. The zero-order valence-corrected chi connectivity index (χ0v) is 15.2. The molecule has 0 saturated heterocycles. The van der Waals surface area contributed by atoms with E-state index in [2.05, 4.69) is 0 Å². The summed E-state index contributed by atoms with van der Waals surface area (Å²) >= 11 is -5.60. The van der Waals surface area contributed by atoms with Crippen molar-refractivity contribution < 1.29 is 45.2 Å². The molecule has 22 heavy (non-hydrogen) atoms. The molecular formula is C14H24O7Ti. The van der Waals surface area contributed by atoms with Crippen molar-refractivity contribution in [3.05, 3.63) is 0 Å². The predicted molar refractivity (Wildman–Crippen MR) is 74.2 cm³/mol. The zero-order valence-electron chi connectivity index (χ0n) is 13.6. The first-order chi connectivity index (χ1) is 10.0. The number of rotatable bonds is 12. The molecule has 7 nitrogen and oxygen atoms in total. The van der Waals surface area contributed by atoms with Crippen molar-refractivity contribution >= 4 is 23.1 Å². The van der Waals surface area contributed by atoms with E-state index in [-0.39, 0.29) is 37.6 Å². The Morgan fingerprint density at radius 2 is 1.09 bits per heavy atom. The van der Waals surface area contributed by atoms with Gasteiger partial charge in [-0.05, 0) is 0 Å². The molecule has 126 valence electrons. The molecule has 0 rings (SSSR count). The van der Waals surface area contributed by atoms with E-state index in [9.17, 15) is 22.5 Å². The number of Topliss-reactive ketones (excluding diaryl/α,β-unsaturated/α-hetero) is 4. The maximum absolute atomic E-state index is 13.3. The van der Waals surface area contributed by atoms with E-state index in [1.165, 1.54) is 13.8 Å². The minimum absolute atomic E-state index is 0.00139. The van der Waals surface area contributed by atoms with Crippen molar-refractivity contribution in [1.82, 2.24) is 0 Å². The van der Waals surface area contributed by atoms with Crippen LogP contribution in [0.5, 0.6) is 0 Å². The summed E-state index contributed by atoms with van der Waals surface area (Å²) in [4.78, 5) is 45.9. The van der Waals surface area contributed by atoms with Crippen molar-refractivity contribution in [3.8, 4) is 0 Å². The Kier molecular flexibility index (Phi) is 8.32. The van der Waals surface area contributed by atoms with Crippen LogP contribution in [0.4, 0.5) is 0 Å². The van der Waals surface area contributed by atoms with E-state index in [4.69, 9.17) is 6.64 Å². The molecule has 0 heterocycles. The van der Waals surface area contributed by atoms with Crippen molar-refractivity contribution in [3.63, 3.8) is 0 Å². The van der Waals surface area contributed by atoms with Gasteiger partial charge >= 0.3 is 132 Å². The standard InChI is InChI=1S/2C5H7O2.2C2H5O.O.Ti/c2*1-4(6)3-5(2)7;2*1-2-3;;/h2*1,3H2,2H3;2*2H2,1H3;;/q;;2*-1;;+2.